The molecular weight excluding hydrogens is 214 g/mol. The topological polar surface area (TPSA) is 73.3 Å². The fraction of sp³-hybridized carbons (Fsp3) is 0.111. The number of aromatic nitrogens is 1. The molecule has 1 aromatic carbocycles. The van der Waals surface area contributed by atoms with E-state index in [9.17, 15) is 0 Å². The number of nitrogens with two attached hydrogens (primary N) is 1. The highest BCUT2D eigenvalue weighted by Crippen LogP contribution is 2.31. The Kier molecular flexibility index (Phi) is 2.42. The van der Waals surface area contributed by atoms with Crippen LogP contribution in [-0.4, -0.2) is 17.4 Å². The summed E-state index contributed by atoms with van der Waals surface area (Å²) < 4.78 is 10.3. The van der Waals surface area contributed by atoms with Gasteiger partial charge in [0.2, 0.25) is 0 Å². The molecule has 0 unspecified atom stereocenters. The number of hydrogen-bond acceptors (Lipinski definition) is 4. The fourth-order valence-corrected chi connectivity index (χ4v) is 1.43. The number of nitrogens with one attached hydrogen (secondary N) is 1. The van der Waals surface area contributed by atoms with Crippen molar-refractivity contribution in [3.05, 3.63) is 18.2 Å². The van der Waals surface area contributed by atoms with E-state index in [1.807, 2.05) is 12.1 Å². The van der Waals surface area contributed by atoms with Gasteiger partial charge in [-0.1, -0.05) is 11.2 Å². The largest absolute Gasteiger partial charge is 0.496 e. The van der Waals surface area contributed by atoms with Gasteiger partial charge in [-0.3, -0.25) is 0 Å². The third-order valence-electron chi connectivity index (χ3n) is 1.92. The average molecular weight is 223 g/mol. The normalized spacial score (nSPS) is 10.2. The van der Waals surface area contributed by atoms with Gasteiger partial charge >= 0.3 is 0 Å². The molecule has 1 aromatic heterocycles. The molecule has 0 atom stereocenters. The third-order valence-corrected chi connectivity index (χ3v) is 2.02. The van der Waals surface area contributed by atoms with Crippen LogP contribution in [0.25, 0.3) is 11.0 Å². The van der Waals surface area contributed by atoms with Crippen LogP contribution in [0.1, 0.15) is 0 Å². The Labute approximate surface area is 91.2 Å². The Bertz CT molecular complexity index is 509. The second-order valence-corrected chi connectivity index (χ2v) is 3.29. The van der Waals surface area contributed by atoms with Gasteiger partial charge in [-0.15, -0.1) is 0 Å². The molecule has 2 rings (SSSR count). The summed E-state index contributed by atoms with van der Waals surface area (Å²) in [5, 5.41) is 7.40. The molecule has 1 heterocycles. The summed E-state index contributed by atoms with van der Waals surface area (Å²) in [6, 6.07) is 5.41. The Morgan fingerprint density at radius 2 is 2.40 bits per heavy atom. The number of methoxy groups -OCH3 is 1. The van der Waals surface area contributed by atoms with Gasteiger partial charge in [-0.05, 0) is 24.4 Å². The lowest BCUT2D eigenvalue weighted by Gasteiger charge is -2.02. The molecule has 0 spiro atoms. The van der Waals surface area contributed by atoms with Crippen molar-refractivity contribution in [3.63, 3.8) is 0 Å². The highest BCUT2D eigenvalue weighted by Gasteiger charge is 2.12. The standard InChI is InChI=1S/C9H9N3O2S/c1-13-5-3-2-4-6-7(5)8(12-14-6)11-9(10)15/h2-4H,1H3,(H3,10,11,12,15). The van der Waals surface area contributed by atoms with Gasteiger partial charge in [0.05, 0.1) is 7.11 Å². The van der Waals surface area contributed by atoms with E-state index in [1.165, 1.54) is 0 Å². The van der Waals surface area contributed by atoms with Gasteiger partial charge in [-0.2, -0.15) is 0 Å². The minimum Gasteiger partial charge on any atom is -0.496 e. The predicted octanol–water partition coefficient (Wildman–Crippen LogP) is 1.49. The highest BCUT2D eigenvalue weighted by atomic mass is 32.1. The molecule has 0 aliphatic carbocycles. The maximum Gasteiger partial charge on any atom is 0.187 e. The SMILES string of the molecule is COc1cccc2onc(NC(N)=S)c12. The lowest BCUT2D eigenvalue weighted by Crippen LogP contribution is -2.19. The third kappa shape index (κ3) is 1.71. The average Bonchev–Trinajstić information content (AvgIpc) is 2.61. The number of benzene rings is 1. The van der Waals surface area contributed by atoms with E-state index in [4.69, 9.17) is 27.2 Å². The Hall–Kier alpha value is -1.82. The van der Waals surface area contributed by atoms with E-state index in [1.54, 1.807) is 13.2 Å². The fourth-order valence-electron chi connectivity index (χ4n) is 1.33. The van der Waals surface area contributed by atoms with Crippen LogP contribution >= 0.6 is 12.2 Å². The van der Waals surface area contributed by atoms with Crippen LogP contribution in [0, 0.1) is 0 Å². The molecule has 15 heavy (non-hydrogen) atoms. The van der Waals surface area contributed by atoms with Crippen LogP contribution in [0.15, 0.2) is 22.7 Å². The van der Waals surface area contributed by atoms with Crippen molar-refractivity contribution in [2.45, 2.75) is 0 Å². The summed E-state index contributed by atoms with van der Waals surface area (Å²) >= 11 is 4.73. The number of ether oxygens (including phenoxy) is 1. The van der Waals surface area contributed by atoms with E-state index in [2.05, 4.69) is 10.5 Å². The van der Waals surface area contributed by atoms with Crippen molar-refractivity contribution in [2.75, 3.05) is 12.4 Å². The van der Waals surface area contributed by atoms with Gasteiger partial charge in [0, 0.05) is 0 Å². The number of nitrogens with zero attached hydrogens (tertiary/aromatic N) is 1. The van der Waals surface area contributed by atoms with E-state index in [0.717, 1.165) is 5.39 Å². The number of thiocarbonyl (C=S) groups is 1. The molecule has 0 radical (unpaired) electrons. The first-order valence-electron chi connectivity index (χ1n) is 4.21. The van der Waals surface area contributed by atoms with Crippen molar-refractivity contribution in [1.82, 2.24) is 5.16 Å². The molecule has 3 N–H and O–H groups in total. The van der Waals surface area contributed by atoms with Crippen molar-refractivity contribution >= 4 is 34.1 Å². The van der Waals surface area contributed by atoms with Crippen LogP contribution in [0.2, 0.25) is 0 Å². The molecule has 0 aliphatic heterocycles. The smallest absolute Gasteiger partial charge is 0.187 e. The minimum absolute atomic E-state index is 0.135. The van der Waals surface area contributed by atoms with E-state index in [0.29, 0.717) is 17.2 Å². The van der Waals surface area contributed by atoms with Gasteiger partial charge in [0.25, 0.3) is 0 Å². The molecular formula is C9H9N3O2S. The zero-order valence-electron chi connectivity index (χ0n) is 7.98. The molecule has 6 heteroatoms. The van der Waals surface area contributed by atoms with E-state index < -0.39 is 0 Å². The van der Waals surface area contributed by atoms with Crippen LogP contribution in [0.4, 0.5) is 5.82 Å². The lowest BCUT2D eigenvalue weighted by atomic mass is 10.2. The Morgan fingerprint density at radius 3 is 3.07 bits per heavy atom. The summed E-state index contributed by atoms with van der Waals surface area (Å²) in [5.74, 6) is 1.13. The van der Waals surface area contributed by atoms with Gasteiger partial charge in [0.15, 0.2) is 16.5 Å². The van der Waals surface area contributed by atoms with Gasteiger partial charge < -0.3 is 20.3 Å². The minimum atomic E-state index is 0.135. The summed E-state index contributed by atoms with van der Waals surface area (Å²) in [6.07, 6.45) is 0. The summed E-state index contributed by atoms with van der Waals surface area (Å²) in [4.78, 5) is 0. The molecule has 2 aromatic rings. The second kappa shape index (κ2) is 3.74. The maximum atomic E-state index is 5.36. The number of anilines is 1. The van der Waals surface area contributed by atoms with E-state index >= 15 is 0 Å². The molecule has 5 nitrogen and oxygen atoms in total. The number of fused-ring (bicyclic) bond motifs is 1. The Balaban J connectivity index is 2.60. The van der Waals surface area contributed by atoms with Crippen LogP contribution in [0.3, 0.4) is 0 Å². The molecule has 78 valence electrons. The Morgan fingerprint density at radius 1 is 1.60 bits per heavy atom. The first-order chi connectivity index (χ1) is 7.22. The first-order valence-corrected chi connectivity index (χ1v) is 4.62. The number of hydrogen-bond donors (Lipinski definition) is 2. The van der Waals surface area contributed by atoms with Crippen LogP contribution in [-0.2, 0) is 0 Å². The van der Waals surface area contributed by atoms with Crippen molar-refractivity contribution in [2.24, 2.45) is 5.73 Å². The van der Waals surface area contributed by atoms with Crippen molar-refractivity contribution < 1.29 is 9.26 Å². The molecule has 0 bridgehead atoms. The van der Waals surface area contributed by atoms with Gasteiger partial charge in [-0.25, -0.2) is 0 Å². The highest BCUT2D eigenvalue weighted by molar-refractivity contribution is 7.80. The summed E-state index contributed by atoms with van der Waals surface area (Å²) in [5.41, 5.74) is 5.98. The van der Waals surface area contributed by atoms with Crippen molar-refractivity contribution in [3.8, 4) is 5.75 Å². The summed E-state index contributed by atoms with van der Waals surface area (Å²) in [6.45, 7) is 0. The summed E-state index contributed by atoms with van der Waals surface area (Å²) in [7, 11) is 1.58. The van der Waals surface area contributed by atoms with Crippen LogP contribution in [0.5, 0.6) is 5.75 Å². The molecule has 0 amide bonds. The molecule has 0 fully saturated rings. The molecule has 0 saturated heterocycles. The quantitative estimate of drug-likeness (QED) is 0.751. The first kappa shape index (κ1) is 9.72. The maximum absolute atomic E-state index is 5.36. The zero-order chi connectivity index (χ0) is 10.8. The molecule has 0 aliphatic rings. The zero-order valence-corrected chi connectivity index (χ0v) is 8.80. The van der Waals surface area contributed by atoms with Crippen LogP contribution < -0.4 is 15.8 Å². The molecule has 0 saturated carbocycles. The van der Waals surface area contributed by atoms with Gasteiger partial charge in [0.1, 0.15) is 11.1 Å². The predicted molar refractivity (Wildman–Crippen MR) is 61.0 cm³/mol. The van der Waals surface area contributed by atoms with Crippen molar-refractivity contribution in [1.29, 1.82) is 0 Å². The second-order valence-electron chi connectivity index (χ2n) is 2.85. The number of rotatable bonds is 2. The monoisotopic (exact) mass is 223 g/mol. The van der Waals surface area contributed by atoms with E-state index in [-0.39, 0.29) is 5.11 Å². The lowest BCUT2D eigenvalue weighted by molar-refractivity contribution is 0.419.